The molecule has 0 unspecified atom stereocenters. The summed E-state index contributed by atoms with van der Waals surface area (Å²) < 4.78 is 10.4. The van der Waals surface area contributed by atoms with Crippen LogP contribution in [0, 0.1) is 6.92 Å². The van der Waals surface area contributed by atoms with Crippen molar-refractivity contribution in [2.45, 2.75) is 6.92 Å². The SMILES string of the molecule is Cc1ccc(C(=O)NNC(=O)CN2C(=O)COc3ccccc32)o1. The molecule has 1 aliphatic heterocycles. The van der Waals surface area contributed by atoms with Crippen LogP contribution in [0.4, 0.5) is 5.69 Å². The second-order valence-corrected chi connectivity index (χ2v) is 5.15. The van der Waals surface area contributed by atoms with Crippen LogP contribution in [-0.4, -0.2) is 30.9 Å². The fourth-order valence-electron chi connectivity index (χ4n) is 2.26. The number of nitrogens with zero attached hydrogens (tertiary/aromatic N) is 1. The molecule has 124 valence electrons. The standard InChI is InChI=1S/C16H15N3O5/c1-10-6-7-13(24-10)16(22)18-17-14(20)8-19-11-4-2-3-5-12(11)23-9-15(19)21/h2-7H,8-9H2,1H3,(H,17,20)(H,18,22). The van der Waals surface area contributed by atoms with Crippen LogP contribution in [0.3, 0.4) is 0 Å². The Morgan fingerprint density at radius 3 is 2.71 bits per heavy atom. The number of hydrogen-bond acceptors (Lipinski definition) is 5. The number of fused-ring (bicyclic) bond motifs is 1. The second kappa shape index (κ2) is 6.45. The van der Waals surface area contributed by atoms with Gasteiger partial charge in [0, 0.05) is 0 Å². The van der Waals surface area contributed by atoms with Gasteiger partial charge in [-0.25, -0.2) is 0 Å². The van der Waals surface area contributed by atoms with E-state index in [1.165, 1.54) is 11.0 Å². The third-order valence-electron chi connectivity index (χ3n) is 3.39. The Hall–Kier alpha value is -3.29. The van der Waals surface area contributed by atoms with E-state index in [1.807, 2.05) is 0 Å². The van der Waals surface area contributed by atoms with E-state index in [4.69, 9.17) is 9.15 Å². The Bertz CT molecular complexity index is 799. The molecule has 2 aromatic rings. The van der Waals surface area contributed by atoms with Crippen molar-refractivity contribution in [2.24, 2.45) is 0 Å². The van der Waals surface area contributed by atoms with Crippen LogP contribution in [0.25, 0.3) is 0 Å². The van der Waals surface area contributed by atoms with Gasteiger partial charge >= 0.3 is 5.91 Å². The van der Waals surface area contributed by atoms with Crippen LogP contribution in [0.5, 0.6) is 5.75 Å². The number of ether oxygens (including phenoxy) is 1. The van der Waals surface area contributed by atoms with Crippen molar-refractivity contribution in [2.75, 3.05) is 18.1 Å². The van der Waals surface area contributed by atoms with Crippen LogP contribution in [-0.2, 0) is 9.59 Å². The van der Waals surface area contributed by atoms with Gasteiger partial charge in [0.25, 0.3) is 11.8 Å². The lowest BCUT2D eigenvalue weighted by Crippen LogP contribution is -2.49. The van der Waals surface area contributed by atoms with Gasteiger partial charge in [0.1, 0.15) is 18.1 Å². The average molecular weight is 329 g/mol. The van der Waals surface area contributed by atoms with Crippen molar-refractivity contribution in [1.29, 1.82) is 0 Å². The normalized spacial score (nSPS) is 13.0. The Balaban J connectivity index is 1.61. The van der Waals surface area contributed by atoms with Crippen molar-refractivity contribution in [3.05, 3.63) is 47.9 Å². The Labute approximate surface area is 137 Å². The van der Waals surface area contributed by atoms with Gasteiger partial charge in [0.15, 0.2) is 12.4 Å². The molecule has 3 amide bonds. The quantitative estimate of drug-likeness (QED) is 0.810. The first-order valence-corrected chi connectivity index (χ1v) is 7.22. The minimum Gasteiger partial charge on any atom is -0.482 e. The zero-order valence-electron chi connectivity index (χ0n) is 12.9. The molecule has 0 fully saturated rings. The number of furan rings is 1. The summed E-state index contributed by atoms with van der Waals surface area (Å²) in [5.74, 6) is -0.263. The number of benzene rings is 1. The van der Waals surface area contributed by atoms with Crippen LogP contribution < -0.4 is 20.5 Å². The molecule has 1 aromatic heterocycles. The molecule has 0 bridgehead atoms. The van der Waals surface area contributed by atoms with Gasteiger partial charge in [-0.1, -0.05) is 12.1 Å². The molecule has 0 aliphatic carbocycles. The molecular formula is C16H15N3O5. The van der Waals surface area contributed by atoms with E-state index in [9.17, 15) is 14.4 Å². The number of anilines is 1. The summed E-state index contributed by atoms with van der Waals surface area (Å²) in [6, 6.07) is 10.1. The van der Waals surface area contributed by atoms with E-state index in [1.54, 1.807) is 37.3 Å². The monoisotopic (exact) mass is 329 g/mol. The summed E-state index contributed by atoms with van der Waals surface area (Å²) in [6.45, 7) is 1.33. The molecule has 2 N–H and O–H groups in total. The van der Waals surface area contributed by atoms with Gasteiger partial charge in [0.05, 0.1) is 5.69 Å². The lowest BCUT2D eigenvalue weighted by atomic mass is 10.2. The fraction of sp³-hybridized carbons (Fsp3) is 0.188. The molecule has 0 radical (unpaired) electrons. The fourth-order valence-corrected chi connectivity index (χ4v) is 2.26. The molecule has 8 nitrogen and oxygen atoms in total. The topological polar surface area (TPSA) is 101 Å². The lowest BCUT2D eigenvalue weighted by molar-refractivity contribution is -0.125. The van der Waals surface area contributed by atoms with Gasteiger partial charge in [-0.15, -0.1) is 0 Å². The summed E-state index contributed by atoms with van der Waals surface area (Å²) in [4.78, 5) is 37.1. The highest BCUT2D eigenvalue weighted by molar-refractivity contribution is 6.02. The Morgan fingerprint density at radius 2 is 1.96 bits per heavy atom. The molecule has 0 spiro atoms. The molecule has 1 aliphatic rings. The number of carbonyl (C=O) groups is 3. The van der Waals surface area contributed by atoms with Crippen molar-refractivity contribution >= 4 is 23.4 Å². The van der Waals surface area contributed by atoms with E-state index in [0.29, 0.717) is 17.2 Å². The number of para-hydroxylation sites is 2. The minimum absolute atomic E-state index is 0.0839. The van der Waals surface area contributed by atoms with Crippen LogP contribution in [0.15, 0.2) is 40.8 Å². The Morgan fingerprint density at radius 1 is 1.17 bits per heavy atom. The number of hydrogen-bond donors (Lipinski definition) is 2. The highest BCUT2D eigenvalue weighted by Gasteiger charge is 2.27. The van der Waals surface area contributed by atoms with Gasteiger partial charge in [-0.3, -0.25) is 30.1 Å². The molecule has 0 atom stereocenters. The molecular weight excluding hydrogens is 314 g/mol. The van der Waals surface area contributed by atoms with Crippen molar-refractivity contribution in [3.8, 4) is 5.75 Å². The highest BCUT2D eigenvalue weighted by atomic mass is 16.5. The van der Waals surface area contributed by atoms with Crippen molar-refractivity contribution in [1.82, 2.24) is 10.9 Å². The summed E-state index contributed by atoms with van der Waals surface area (Å²) in [5.41, 5.74) is 5.01. The zero-order valence-corrected chi connectivity index (χ0v) is 12.9. The summed E-state index contributed by atoms with van der Waals surface area (Å²) >= 11 is 0. The first kappa shape index (κ1) is 15.6. The average Bonchev–Trinajstić information content (AvgIpc) is 3.02. The van der Waals surface area contributed by atoms with E-state index in [0.717, 1.165) is 0 Å². The number of amides is 3. The molecule has 0 saturated carbocycles. The summed E-state index contributed by atoms with van der Waals surface area (Å²) in [5, 5.41) is 0. The minimum atomic E-state index is -0.579. The van der Waals surface area contributed by atoms with Gasteiger partial charge < -0.3 is 9.15 Å². The summed E-state index contributed by atoms with van der Waals surface area (Å²) in [7, 11) is 0. The molecule has 24 heavy (non-hydrogen) atoms. The van der Waals surface area contributed by atoms with E-state index in [-0.39, 0.29) is 24.8 Å². The van der Waals surface area contributed by atoms with Crippen LogP contribution >= 0.6 is 0 Å². The third-order valence-corrected chi connectivity index (χ3v) is 3.39. The predicted molar refractivity (Wildman–Crippen MR) is 83.3 cm³/mol. The number of nitrogens with one attached hydrogen (secondary N) is 2. The van der Waals surface area contributed by atoms with Crippen LogP contribution in [0.1, 0.15) is 16.3 Å². The molecule has 0 saturated heterocycles. The third kappa shape index (κ3) is 3.22. The maximum Gasteiger partial charge on any atom is 0.305 e. The summed E-state index contributed by atoms with van der Waals surface area (Å²) in [6.07, 6.45) is 0. The predicted octanol–water partition coefficient (Wildman–Crippen LogP) is 0.775. The lowest BCUT2D eigenvalue weighted by Gasteiger charge is -2.28. The smallest absolute Gasteiger partial charge is 0.305 e. The maximum absolute atomic E-state index is 12.0. The van der Waals surface area contributed by atoms with Gasteiger partial charge in [0.2, 0.25) is 0 Å². The van der Waals surface area contributed by atoms with Gasteiger partial charge in [-0.05, 0) is 31.2 Å². The highest BCUT2D eigenvalue weighted by Crippen LogP contribution is 2.30. The largest absolute Gasteiger partial charge is 0.482 e. The molecule has 2 heterocycles. The molecule has 1 aromatic carbocycles. The van der Waals surface area contributed by atoms with Crippen LogP contribution in [0.2, 0.25) is 0 Å². The van der Waals surface area contributed by atoms with Crippen molar-refractivity contribution in [3.63, 3.8) is 0 Å². The zero-order chi connectivity index (χ0) is 17.1. The second-order valence-electron chi connectivity index (χ2n) is 5.15. The Kier molecular flexibility index (Phi) is 4.19. The van der Waals surface area contributed by atoms with Gasteiger partial charge in [-0.2, -0.15) is 0 Å². The van der Waals surface area contributed by atoms with E-state index >= 15 is 0 Å². The molecule has 3 rings (SSSR count). The first-order valence-electron chi connectivity index (χ1n) is 7.22. The number of rotatable bonds is 3. The maximum atomic E-state index is 12.0. The molecule has 8 heteroatoms. The number of hydrazine groups is 1. The number of aryl methyl sites for hydroxylation is 1. The van der Waals surface area contributed by atoms with E-state index < -0.39 is 11.8 Å². The van der Waals surface area contributed by atoms with E-state index in [2.05, 4.69) is 10.9 Å². The number of carbonyl (C=O) groups excluding carboxylic acids is 3. The van der Waals surface area contributed by atoms with Crippen molar-refractivity contribution < 1.29 is 23.5 Å². The first-order chi connectivity index (χ1) is 11.5.